The SMILES string of the molecule is CCOC(=O)C1(c2ccc(O)cc2)CC=CC(Cc2ccc(OCCN3CCCCC3)cc2)C1C. The lowest BCUT2D eigenvalue weighted by Crippen LogP contribution is -2.47. The maximum absolute atomic E-state index is 13.3. The Bertz CT molecular complexity index is 978. The fraction of sp³-hybridized carbons (Fsp3) is 0.500. The summed E-state index contributed by atoms with van der Waals surface area (Å²) in [5.41, 5.74) is 1.36. The van der Waals surface area contributed by atoms with E-state index in [1.54, 1.807) is 12.1 Å². The highest BCUT2D eigenvalue weighted by Crippen LogP contribution is 2.46. The molecule has 0 bridgehead atoms. The van der Waals surface area contributed by atoms with E-state index in [-0.39, 0.29) is 23.6 Å². The van der Waals surface area contributed by atoms with Crippen molar-refractivity contribution >= 4 is 5.97 Å². The Kier molecular flexibility index (Phi) is 8.50. The molecule has 188 valence electrons. The molecule has 1 N–H and O–H groups in total. The number of esters is 1. The summed E-state index contributed by atoms with van der Waals surface area (Å²) in [6.07, 6.45) is 9.74. The number of phenols is 1. The summed E-state index contributed by atoms with van der Waals surface area (Å²) in [4.78, 5) is 15.8. The first kappa shape index (κ1) is 25.3. The van der Waals surface area contributed by atoms with Crippen LogP contribution in [-0.2, 0) is 21.4 Å². The summed E-state index contributed by atoms with van der Waals surface area (Å²) in [6, 6.07) is 15.4. The number of nitrogens with zero attached hydrogens (tertiary/aromatic N) is 1. The topological polar surface area (TPSA) is 59.0 Å². The predicted octanol–water partition coefficient (Wildman–Crippen LogP) is 5.51. The van der Waals surface area contributed by atoms with Gasteiger partial charge in [-0.25, -0.2) is 0 Å². The van der Waals surface area contributed by atoms with Crippen molar-refractivity contribution in [3.05, 3.63) is 71.8 Å². The molecule has 3 unspecified atom stereocenters. The van der Waals surface area contributed by atoms with Gasteiger partial charge in [-0.2, -0.15) is 0 Å². The first-order chi connectivity index (χ1) is 17.0. The van der Waals surface area contributed by atoms with Gasteiger partial charge in [0.15, 0.2) is 0 Å². The van der Waals surface area contributed by atoms with Gasteiger partial charge in [0.05, 0.1) is 12.0 Å². The molecule has 5 nitrogen and oxygen atoms in total. The molecule has 5 heteroatoms. The van der Waals surface area contributed by atoms with Crippen LogP contribution in [0.25, 0.3) is 0 Å². The van der Waals surface area contributed by atoms with Crippen molar-refractivity contribution in [2.24, 2.45) is 11.8 Å². The molecule has 2 aliphatic rings. The molecule has 0 aromatic heterocycles. The van der Waals surface area contributed by atoms with E-state index in [2.05, 4.69) is 48.2 Å². The summed E-state index contributed by atoms with van der Waals surface area (Å²) >= 11 is 0. The fourth-order valence-corrected chi connectivity index (χ4v) is 5.65. The minimum Gasteiger partial charge on any atom is -0.508 e. The molecule has 0 saturated carbocycles. The van der Waals surface area contributed by atoms with Crippen molar-refractivity contribution in [1.29, 1.82) is 0 Å². The number of phenolic OH excluding ortho intramolecular Hbond substituents is 1. The number of allylic oxidation sites excluding steroid dienone is 2. The normalized spacial score (nSPS) is 24.7. The second-order valence-electron chi connectivity index (χ2n) is 9.92. The van der Waals surface area contributed by atoms with E-state index in [4.69, 9.17) is 9.47 Å². The maximum Gasteiger partial charge on any atom is 0.317 e. The third kappa shape index (κ3) is 5.90. The summed E-state index contributed by atoms with van der Waals surface area (Å²) in [7, 11) is 0. The summed E-state index contributed by atoms with van der Waals surface area (Å²) in [5.74, 6) is 1.14. The standard InChI is InChI=1S/C30H39NO4/c1-3-34-29(33)30(26-11-13-27(32)14-12-26)17-7-8-25(23(30)2)22-24-9-15-28(16-10-24)35-21-20-31-18-5-4-6-19-31/h7-16,23,25,32H,3-6,17-22H2,1-2H3. The second kappa shape index (κ2) is 11.8. The molecule has 1 aliphatic heterocycles. The second-order valence-corrected chi connectivity index (χ2v) is 9.92. The van der Waals surface area contributed by atoms with Gasteiger partial charge in [-0.05, 0) is 92.9 Å². The number of likely N-dealkylation sites (tertiary alicyclic amines) is 1. The van der Waals surface area contributed by atoms with E-state index in [1.165, 1.54) is 37.9 Å². The van der Waals surface area contributed by atoms with Crippen LogP contribution in [0, 0.1) is 11.8 Å². The Balaban J connectivity index is 1.43. The summed E-state index contributed by atoms with van der Waals surface area (Å²) in [5, 5.41) is 9.79. The largest absolute Gasteiger partial charge is 0.508 e. The predicted molar refractivity (Wildman–Crippen MR) is 139 cm³/mol. The lowest BCUT2D eigenvalue weighted by Gasteiger charge is -2.42. The van der Waals surface area contributed by atoms with Gasteiger partial charge in [0.2, 0.25) is 0 Å². The Labute approximate surface area is 209 Å². The molecule has 0 radical (unpaired) electrons. The van der Waals surface area contributed by atoms with Gasteiger partial charge in [-0.3, -0.25) is 9.69 Å². The quantitative estimate of drug-likeness (QED) is 0.381. The number of carbonyl (C=O) groups is 1. The monoisotopic (exact) mass is 477 g/mol. The highest BCUT2D eigenvalue weighted by Gasteiger charge is 2.49. The lowest BCUT2D eigenvalue weighted by molar-refractivity contribution is -0.153. The van der Waals surface area contributed by atoms with Crippen LogP contribution in [0.3, 0.4) is 0 Å². The molecular weight excluding hydrogens is 438 g/mol. The average Bonchev–Trinajstić information content (AvgIpc) is 2.88. The van der Waals surface area contributed by atoms with Crippen LogP contribution in [0.4, 0.5) is 0 Å². The number of carbonyl (C=O) groups excluding carboxylic acids is 1. The Morgan fingerprint density at radius 1 is 1.06 bits per heavy atom. The Morgan fingerprint density at radius 2 is 1.77 bits per heavy atom. The Morgan fingerprint density at radius 3 is 2.46 bits per heavy atom. The molecule has 1 heterocycles. The van der Waals surface area contributed by atoms with Gasteiger partial charge in [0.1, 0.15) is 18.1 Å². The first-order valence-electron chi connectivity index (χ1n) is 13.1. The number of benzene rings is 2. The molecular formula is C30H39NO4. The van der Waals surface area contributed by atoms with Gasteiger partial charge in [-0.1, -0.05) is 49.8 Å². The summed E-state index contributed by atoms with van der Waals surface area (Å²) < 4.78 is 11.6. The molecule has 0 spiro atoms. The van der Waals surface area contributed by atoms with Crippen molar-refractivity contribution in [2.75, 3.05) is 32.8 Å². The molecule has 2 aromatic carbocycles. The highest BCUT2D eigenvalue weighted by molar-refractivity contribution is 5.84. The molecule has 3 atom stereocenters. The number of ether oxygens (including phenoxy) is 2. The van der Waals surface area contributed by atoms with Crippen LogP contribution in [0.5, 0.6) is 11.5 Å². The lowest BCUT2D eigenvalue weighted by atomic mass is 9.60. The molecule has 1 saturated heterocycles. The van der Waals surface area contributed by atoms with Crippen LogP contribution in [-0.4, -0.2) is 48.8 Å². The van der Waals surface area contributed by atoms with Crippen LogP contribution in [0.15, 0.2) is 60.7 Å². The minimum absolute atomic E-state index is 0.0385. The molecule has 4 rings (SSSR count). The van der Waals surface area contributed by atoms with Gasteiger partial charge < -0.3 is 14.6 Å². The average molecular weight is 478 g/mol. The molecule has 1 aliphatic carbocycles. The summed E-state index contributed by atoms with van der Waals surface area (Å²) in [6.45, 7) is 8.42. The van der Waals surface area contributed by atoms with E-state index in [0.29, 0.717) is 13.0 Å². The highest BCUT2D eigenvalue weighted by atomic mass is 16.5. The smallest absolute Gasteiger partial charge is 0.317 e. The van der Waals surface area contributed by atoms with Crippen LogP contribution >= 0.6 is 0 Å². The zero-order chi connectivity index (χ0) is 24.7. The number of rotatable bonds is 9. The van der Waals surface area contributed by atoms with E-state index in [0.717, 1.165) is 30.9 Å². The zero-order valence-corrected chi connectivity index (χ0v) is 21.1. The van der Waals surface area contributed by atoms with E-state index >= 15 is 0 Å². The molecule has 1 fully saturated rings. The number of aromatic hydroxyl groups is 1. The number of piperidine rings is 1. The van der Waals surface area contributed by atoms with Crippen molar-refractivity contribution in [1.82, 2.24) is 4.90 Å². The van der Waals surface area contributed by atoms with Crippen LogP contribution < -0.4 is 4.74 Å². The van der Waals surface area contributed by atoms with Gasteiger partial charge in [0, 0.05) is 6.54 Å². The van der Waals surface area contributed by atoms with Gasteiger partial charge in [0.25, 0.3) is 0 Å². The number of hydrogen-bond acceptors (Lipinski definition) is 5. The molecule has 35 heavy (non-hydrogen) atoms. The van der Waals surface area contributed by atoms with Crippen molar-refractivity contribution in [3.63, 3.8) is 0 Å². The molecule has 0 amide bonds. The van der Waals surface area contributed by atoms with E-state index < -0.39 is 5.41 Å². The minimum atomic E-state index is -0.763. The fourth-order valence-electron chi connectivity index (χ4n) is 5.65. The maximum atomic E-state index is 13.3. The Hall–Kier alpha value is -2.79. The van der Waals surface area contributed by atoms with Crippen molar-refractivity contribution in [2.45, 2.75) is 51.4 Å². The molecule has 2 aromatic rings. The van der Waals surface area contributed by atoms with Gasteiger partial charge >= 0.3 is 5.97 Å². The van der Waals surface area contributed by atoms with Crippen molar-refractivity contribution < 1.29 is 19.4 Å². The van der Waals surface area contributed by atoms with Gasteiger partial charge in [-0.15, -0.1) is 0 Å². The van der Waals surface area contributed by atoms with E-state index in [1.807, 2.05) is 19.1 Å². The van der Waals surface area contributed by atoms with Crippen molar-refractivity contribution in [3.8, 4) is 11.5 Å². The number of hydrogen-bond donors (Lipinski definition) is 1. The third-order valence-corrected chi connectivity index (χ3v) is 7.78. The third-order valence-electron chi connectivity index (χ3n) is 7.78. The van der Waals surface area contributed by atoms with Crippen LogP contribution in [0.2, 0.25) is 0 Å². The van der Waals surface area contributed by atoms with Crippen LogP contribution in [0.1, 0.15) is 50.7 Å². The first-order valence-corrected chi connectivity index (χ1v) is 13.1. The van der Waals surface area contributed by atoms with E-state index in [9.17, 15) is 9.90 Å². The zero-order valence-electron chi connectivity index (χ0n) is 21.1.